The zero-order valence-corrected chi connectivity index (χ0v) is 27.1. The summed E-state index contributed by atoms with van der Waals surface area (Å²) in [6, 6.07) is -5.00. The molecule has 2 saturated heterocycles. The molecule has 3 aliphatic rings. The number of carbonyl (C=O) groups excluding carboxylic acids is 2. The summed E-state index contributed by atoms with van der Waals surface area (Å²) in [6.07, 6.45) is -17.2. The molecule has 16 atom stereocenters. The molecule has 0 spiro atoms. The summed E-state index contributed by atoms with van der Waals surface area (Å²) in [6.45, 7) is 0.616. The average molecular weight is 728 g/mol. The van der Waals surface area contributed by atoms with Gasteiger partial charge in [-0.3, -0.25) is 19.8 Å². The quantitative estimate of drug-likeness (QED) is 0.0475. The Morgan fingerprint density at radius 3 is 2.08 bits per heavy atom. The van der Waals surface area contributed by atoms with E-state index in [0.29, 0.717) is 0 Å². The van der Waals surface area contributed by atoms with Crippen LogP contribution in [0, 0.1) is 5.41 Å². The summed E-state index contributed by atoms with van der Waals surface area (Å²) >= 11 is 0. The molecule has 21 N–H and O–H groups in total. The number of nitrogens with zero attached hydrogens (tertiary/aromatic N) is 1. The van der Waals surface area contributed by atoms with E-state index in [1.165, 1.54) is 14.0 Å². The molecule has 1 unspecified atom stereocenters. The summed E-state index contributed by atoms with van der Waals surface area (Å²) < 4.78 is 22.9. The second kappa shape index (κ2) is 18.2. The Morgan fingerprint density at radius 2 is 1.60 bits per heavy atom. The molecule has 0 aromatic heterocycles. The summed E-state index contributed by atoms with van der Waals surface area (Å²) in [7, 11) is 1.42. The van der Waals surface area contributed by atoms with E-state index in [9.17, 15) is 50.1 Å². The van der Waals surface area contributed by atoms with Crippen LogP contribution in [0.25, 0.3) is 0 Å². The molecule has 0 aromatic rings. The molecule has 3 rings (SSSR count). The number of carboxylic acids is 1. The van der Waals surface area contributed by atoms with Gasteiger partial charge in [0, 0.05) is 6.42 Å². The number of ether oxygens (including phenoxy) is 4. The van der Waals surface area contributed by atoms with Crippen molar-refractivity contribution in [3.63, 3.8) is 0 Å². The predicted octanol–water partition coefficient (Wildman–Crippen LogP) is -9.29. The smallest absolute Gasteiger partial charge is 0.320 e. The molecule has 50 heavy (non-hydrogen) atoms. The molecule has 0 bridgehead atoms. The minimum absolute atomic E-state index is 0.0213. The van der Waals surface area contributed by atoms with Crippen LogP contribution in [0.3, 0.4) is 0 Å². The van der Waals surface area contributed by atoms with Crippen molar-refractivity contribution in [1.82, 2.24) is 10.6 Å². The Morgan fingerprint density at radius 1 is 0.980 bits per heavy atom. The molecule has 0 aromatic carbocycles. The highest BCUT2D eigenvalue weighted by molar-refractivity contribution is 5.77. The predicted molar refractivity (Wildman–Crippen MR) is 166 cm³/mol. The lowest BCUT2D eigenvalue weighted by Gasteiger charge is -2.46. The van der Waals surface area contributed by atoms with Gasteiger partial charge in [-0.05, 0) is 20.4 Å². The van der Waals surface area contributed by atoms with E-state index in [1.807, 2.05) is 0 Å². The van der Waals surface area contributed by atoms with Crippen LogP contribution >= 0.6 is 0 Å². The SMILES string of the molecule is CN[C@@H]1[C@H](O[C@H]2[C@H](O[C@H]3[C@H](O)[C@@H](O)[C@H](N=C(N)N)[C@@H](O)[C@@H]3NC(=N)N)O[C@@H](C)[C@]2(O)C=O)O[C@@H](CO)[C@H](O)[C@H]1O.NC(=O)CCC(N)C(=O)O. The summed E-state index contributed by atoms with van der Waals surface area (Å²) in [5.74, 6) is -2.80. The number of hydrogen-bond donors (Lipinski definition) is 16. The van der Waals surface area contributed by atoms with E-state index < -0.39 is 128 Å². The van der Waals surface area contributed by atoms with E-state index in [2.05, 4.69) is 15.6 Å². The van der Waals surface area contributed by atoms with E-state index in [0.717, 1.165) is 0 Å². The van der Waals surface area contributed by atoms with Crippen LogP contribution < -0.4 is 39.3 Å². The number of carboxylic acid groups (broad SMARTS) is 1. The van der Waals surface area contributed by atoms with Gasteiger partial charge in [-0.25, -0.2) is 4.99 Å². The Bertz CT molecular complexity index is 1200. The maximum Gasteiger partial charge on any atom is 0.320 e. The van der Waals surface area contributed by atoms with Crippen LogP contribution in [0.15, 0.2) is 4.99 Å². The number of aliphatic carboxylic acids is 1. The standard InChI is InChI=1S/C21H39N7O12.C5H10N2O3/c1-5-21(36,4-30)16(40-17-9(26-2)13(34)10(31)6(3-29)38-17)18(37-5)39-15-8(28-20(24)25)11(32)7(27-19(22)23)12(33)14(15)35;6-3(5(9)10)1-2-4(7)8/h4-18,26,29,31-36H,3H2,1-2H3,(H4,22,23,27)(H4,24,25,28);3H,1-2,6H2,(H2,7,8)(H,9,10)/t5-,6-,7+,8-,9-,10-,11+,12-,13-,14+,15+,16-,17-,18-,21+;/m0./s1. The van der Waals surface area contributed by atoms with Gasteiger partial charge in [0.1, 0.15) is 60.9 Å². The molecule has 0 radical (unpaired) electrons. The van der Waals surface area contributed by atoms with E-state index in [-0.39, 0.29) is 19.1 Å². The highest BCUT2D eigenvalue weighted by Crippen LogP contribution is 2.38. The molecule has 24 heteroatoms. The number of aliphatic hydroxyl groups excluding tert-OH is 6. The fourth-order valence-electron chi connectivity index (χ4n) is 5.55. The maximum atomic E-state index is 12.1. The number of aliphatic hydroxyl groups is 7. The third-order valence-corrected chi connectivity index (χ3v) is 8.41. The molecule has 2 aliphatic heterocycles. The van der Waals surface area contributed by atoms with Gasteiger partial charge < -0.3 is 99.1 Å². The van der Waals surface area contributed by atoms with Gasteiger partial charge in [-0.1, -0.05) is 0 Å². The molecule has 288 valence electrons. The van der Waals surface area contributed by atoms with Crippen molar-refractivity contribution >= 4 is 30.1 Å². The van der Waals surface area contributed by atoms with Crippen LogP contribution in [-0.2, 0) is 33.3 Å². The zero-order chi connectivity index (χ0) is 38.2. The number of hydrogen-bond acceptors (Lipinski definition) is 18. The normalized spacial score (nSPS) is 40.4. The fraction of sp³-hybridized carbons (Fsp3) is 0.808. The van der Waals surface area contributed by atoms with Gasteiger partial charge in [0.2, 0.25) is 5.91 Å². The van der Waals surface area contributed by atoms with Gasteiger partial charge in [0.25, 0.3) is 0 Å². The van der Waals surface area contributed by atoms with Crippen molar-refractivity contribution in [1.29, 1.82) is 5.41 Å². The first-order valence-electron chi connectivity index (χ1n) is 15.2. The Balaban J connectivity index is 0.000000752. The van der Waals surface area contributed by atoms with Gasteiger partial charge in [-0.2, -0.15) is 0 Å². The summed E-state index contributed by atoms with van der Waals surface area (Å²) in [4.78, 5) is 35.9. The third-order valence-electron chi connectivity index (χ3n) is 8.41. The highest BCUT2D eigenvalue weighted by atomic mass is 16.8. The van der Waals surface area contributed by atoms with Crippen molar-refractivity contribution in [3.8, 4) is 0 Å². The second-order valence-corrected chi connectivity index (χ2v) is 11.9. The lowest BCUT2D eigenvalue weighted by Crippen LogP contribution is -2.70. The Kier molecular flexibility index (Phi) is 15.6. The minimum atomic E-state index is -2.39. The maximum absolute atomic E-state index is 12.1. The molecule has 1 saturated carbocycles. The monoisotopic (exact) mass is 727 g/mol. The van der Waals surface area contributed by atoms with Crippen LogP contribution in [0.5, 0.6) is 0 Å². The molecule has 3 fully saturated rings. The number of aliphatic imine (C=N–C) groups is 1. The van der Waals surface area contributed by atoms with Gasteiger partial charge in [0.05, 0.1) is 24.8 Å². The Hall–Kier alpha value is -3.37. The van der Waals surface area contributed by atoms with Crippen molar-refractivity contribution in [3.05, 3.63) is 0 Å². The first-order valence-corrected chi connectivity index (χ1v) is 15.2. The molecular weight excluding hydrogens is 678 g/mol. The highest BCUT2D eigenvalue weighted by Gasteiger charge is 2.60. The number of rotatable bonds is 13. The topological polar surface area (TPSA) is 440 Å². The lowest BCUT2D eigenvalue weighted by molar-refractivity contribution is -0.314. The first kappa shape index (κ1) is 42.8. The van der Waals surface area contributed by atoms with Crippen molar-refractivity contribution < 1.29 is 74.2 Å². The minimum Gasteiger partial charge on any atom is -0.480 e. The van der Waals surface area contributed by atoms with Crippen LogP contribution in [0.4, 0.5) is 0 Å². The molecule has 24 nitrogen and oxygen atoms in total. The second-order valence-electron chi connectivity index (χ2n) is 11.9. The van der Waals surface area contributed by atoms with E-state index >= 15 is 0 Å². The van der Waals surface area contributed by atoms with Gasteiger partial charge in [-0.15, -0.1) is 0 Å². The molecule has 1 amide bonds. The van der Waals surface area contributed by atoms with Crippen molar-refractivity contribution in [2.75, 3.05) is 13.7 Å². The number of likely N-dealkylation sites (N-methyl/N-ethyl adjacent to an activating group) is 1. The van der Waals surface area contributed by atoms with Gasteiger partial charge in [0.15, 0.2) is 36.4 Å². The molecule has 2 heterocycles. The molecular formula is C26H49N9O15. The number of aldehydes is 1. The fourth-order valence-corrected chi connectivity index (χ4v) is 5.55. The largest absolute Gasteiger partial charge is 0.480 e. The summed E-state index contributed by atoms with van der Waals surface area (Å²) in [5.41, 5.74) is 23.6. The molecule has 1 aliphatic carbocycles. The number of nitrogens with two attached hydrogens (primary N) is 5. The number of primary amides is 1. The summed E-state index contributed by atoms with van der Waals surface area (Å²) in [5, 5.41) is 94.9. The number of carbonyl (C=O) groups is 3. The van der Waals surface area contributed by atoms with Crippen molar-refractivity contribution in [2.24, 2.45) is 33.7 Å². The van der Waals surface area contributed by atoms with E-state index in [1.54, 1.807) is 0 Å². The average Bonchev–Trinajstić information content (AvgIpc) is 3.28. The number of guanidine groups is 2. The van der Waals surface area contributed by atoms with Crippen LogP contribution in [-0.4, -0.2) is 182 Å². The van der Waals surface area contributed by atoms with Gasteiger partial charge >= 0.3 is 5.97 Å². The van der Waals surface area contributed by atoms with Crippen LogP contribution in [0.1, 0.15) is 19.8 Å². The Labute approximate surface area is 285 Å². The van der Waals surface area contributed by atoms with Crippen LogP contribution in [0.2, 0.25) is 0 Å². The number of amides is 1. The van der Waals surface area contributed by atoms with Crippen molar-refractivity contribution in [2.45, 2.75) is 117 Å². The van der Waals surface area contributed by atoms with E-state index in [4.69, 9.17) is 58.1 Å². The number of nitrogens with one attached hydrogen (secondary N) is 3. The zero-order valence-electron chi connectivity index (χ0n) is 27.1. The first-order chi connectivity index (χ1) is 23.2. The lowest BCUT2D eigenvalue weighted by atomic mass is 9.81. The third kappa shape index (κ3) is 9.90.